The molecule has 0 bridgehead atoms. The molecule has 0 aromatic carbocycles. The summed E-state index contributed by atoms with van der Waals surface area (Å²) in [6.45, 7) is 7.73. The summed E-state index contributed by atoms with van der Waals surface area (Å²) in [5, 5.41) is 4.85. The molecule has 3 rings (SSSR count). The summed E-state index contributed by atoms with van der Waals surface area (Å²) >= 11 is 0. The molecule has 9 nitrogen and oxygen atoms in total. The molecular formula is C20H33N5O4. The van der Waals surface area contributed by atoms with Crippen LogP contribution in [0.1, 0.15) is 52.4 Å². The first kappa shape index (κ1) is 21.5. The molecule has 0 aromatic rings. The van der Waals surface area contributed by atoms with Gasteiger partial charge in [-0.25, -0.2) is 4.79 Å². The highest BCUT2D eigenvalue weighted by Gasteiger charge is 2.41. The van der Waals surface area contributed by atoms with Crippen LogP contribution in [0.2, 0.25) is 0 Å². The number of nitrogens with one attached hydrogen (secondary N) is 2. The first-order chi connectivity index (χ1) is 13.8. The minimum atomic E-state index is -0.929. The monoisotopic (exact) mass is 407 g/mol. The number of rotatable bonds is 6. The molecule has 29 heavy (non-hydrogen) atoms. The van der Waals surface area contributed by atoms with E-state index in [1.807, 2.05) is 9.80 Å². The largest absolute Gasteiger partial charge is 0.340 e. The number of carbonyl (C=O) groups is 4. The molecule has 0 saturated carbocycles. The van der Waals surface area contributed by atoms with Gasteiger partial charge in [0.25, 0.3) is 5.91 Å². The Kier molecular flexibility index (Phi) is 6.77. The molecule has 0 spiro atoms. The number of piperazine rings is 1. The zero-order valence-electron chi connectivity index (χ0n) is 17.5. The summed E-state index contributed by atoms with van der Waals surface area (Å²) in [5.41, 5.74) is -0.929. The van der Waals surface area contributed by atoms with E-state index in [0.717, 1.165) is 19.4 Å². The first-order valence-electron chi connectivity index (χ1n) is 10.7. The highest BCUT2D eigenvalue weighted by Crippen LogP contribution is 2.19. The molecule has 5 amide bonds. The van der Waals surface area contributed by atoms with Gasteiger partial charge in [-0.3, -0.25) is 24.6 Å². The maximum atomic E-state index is 12.6. The van der Waals surface area contributed by atoms with E-state index in [2.05, 4.69) is 22.5 Å². The van der Waals surface area contributed by atoms with Crippen molar-refractivity contribution in [1.29, 1.82) is 0 Å². The fourth-order valence-electron chi connectivity index (χ4n) is 4.41. The number of amides is 5. The number of hydrogen-bond donors (Lipinski definition) is 2. The first-order valence-corrected chi connectivity index (χ1v) is 10.7. The lowest BCUT2D eigenvalue weighted by molar-refractivity contribution is -0.137. The maximum Gasteiger partial charge on any atom is 0.322 e. The third kappa shape index (κ3) is 5.26. The van der Waals surface area contributed by atoms with Crippen molar-refractivity contribution in [2.75, 3.05) is 39.3 Å². The Hall–Kier alpha value is -2.16. The Morgan fingerprint density at radius 3 is 2.41 bits per heavy atom. The standard InChI is InChI=1S/C20H33N5O4/c1-15-6-3-4-9-25(15)17(27)14-23-10-12-24(13-11-23)16(26)7-5-8-20(2)18(28)21-19(29)22-20/h15H,3-14H2,1-2H3,(H2,21,22,28,29)/t15-,20+/m0/s1. The zero-order chi connectivity index (χ0) is 21.0. The maximum absolute atomic E-state index is 12.6. The molecule has 9 heteroatoms. The molecule has 3 fully saturated rings. The number of imide groups is 1. The van der Waals surface area contributed by atoms with Crippen LogP contribution >= 0.6 is 0 Å². The van der Waals surface area contributed by atoms with Gasteiger partial charge >= 0.3 is 6.03 Å². The highest BCUT2D eigenvalue weighted by atomic mass is 16.2. The van der Waals surface area contributed by atoms with Gasteiger partial charge in [0.2, 0.25) is 11.8 Å². The number of piperidine rings is 1. The lowest BCUT2D eigenvalue weighted by Crippen LogP contribution is -2.53. The van der Waals surface area contributed by atoms with E-state index in [0.29, 0.717) is 58.0 Å². The number of carbonyl (C=O) groups excluding carboxylic acids is 4. The van der Waals surface area contributed by atoms with Gasteiger partial charge in [-0.15, -0.1) is 0 Å². The minimum absolute atomic E-state index is 0.0639. The summed E-state index contributed by atoms with van der Waals surface area (Å²) in [6, 6.07) is -0.152. The van der Waals surface area contributed by atoms with Crippen molar-refractivity contribution in [3.8, 4) is 0 Å². The second-order valence-corrected chi connectivity index (χ2v) is 8.68. The number of nitrogens with zero attached hydrogens (tertiary/aromatic N) is 3. The molecule has 3 aliphatic rings. The molecule has 0 radical (unpaired) electrons. The topological polar surface area (TPSA) is 102 Å². The van der Waals surface area contributed by atoms with Crippen molar-refractivity contribution in [3.05, 3.63) is 0 Å². The molecule has 2 N–H and O–H groups in total. The van der Waals surface area contributed by atoms with E-state index < -0.39 is 11.6 Å². The van der Waals surface area contributed by atoms with Crippen LogP contribution in [0, 0.1) is 0 Å². The van der Waals surface area contributed by atoms with E-state index in [1.54, 1.807) is 6.92 Å². The smallest absolute Gasteiger partial charge is 0.322 e. The van der Waals surface area contributed by atoms with Gasteiger partial charge in [-0.1, -0.05) is 0 Å². The van der Waals surface area contributed by atoms with E-state index in [1.165, 1.54) is 6.42 Å². The van der Waals surface area contributed by atoms with E-state index in [4.69, 9.17) is 0 Å². The van der Waals surface area contributed by atoms with Crippen molar-refractivity contribution >= 4 is 23.8 Å². The predicted molar refractivity (Wildman–Crippen MR) is 107 cm³/mol. The normalized spacial score (nSPS) is 28.3. The average molecular weight is 408 g/mol. The molecule has 2 atom stereocenters. The molecule has 3 saturated heterocycles. The van der Waals surface area contributed by atoms with Crippen LogP contribution in [0.3, 0.4) is 0 Å². The molecule has 0 aliphatic carbocycles. The van der Waals surface area contributed by atoms with Crippen LogP contribution in [0.5, 0.6) is 0 Å². The Morgan fingerprint density at radius 1 is 1.07 bits per heavy atom. The molecule has 0 aromatic heterocycles. The van der Waals surface area contributed by atoms with Crippen LogP contribution < -0.4 is 10.6 Å². The van der Waals surface area contributed by atoms with Gasteiger partial charge in [0, 0.05) is 45.2 Å². The van der Waals surface area contributed by atoms with Gasteiger partial charge in [0.05, 0.1) is 6.54 Å². The van der Waals surface area contributed by atoms with Gasteiger partial charge in [0.1, 0.15) is 5.54 Å². The van der Waals surface area contributed by atoms with E-state index in [9.17, 15) is 19.2 Å². The predicted octanol–water partition coefficient (Wildman–Crippen LogP) is 0.300. The van der Waals surface area contributed by atoms with Gasteiger partial charge < -0.3 is 15.1 Å². The third-order valence-corrected chi connectivity index (χ3v) is 6.39. The van der Waals surface area contributed by atoms with Gasteiger partial charge in [0.15, 0.2) is 0 Å². The number of urea groups is 1. The molecule has 162 valence electrons. The molecule has 3 aliphatic heterocycles. The zero-order valence-corrected chi connectivity index (χ0v) is 17.5. The summed E-state index contributed by atoms with van der Waals surface area (Å²) in [4.78, 5) is 54.1. The van der Waals surface area contributed by atoms with Crippen molar-refractivity contribution in [2.24, 2.45) is 0 Å². The van der Waals surface area contributed by atoms with Crippen molar-refractivity contribution in [1.82, 2.24) is 25.3 Å². The molecule has 3 heterocycles. The summed E-state index contributed by atoms with van der Waals surface area (Å²) in [7, 11) is 0. The van der Waals surface area contributed by atoms with E-state index >= 15 is 0 Å². The lowest BCUT2D eigenvalue weighted by Gasteiger charge is -2.38. The fourth-order valence-corrected chi connectivity index (χ4v) is 4.41. The Labute approximate surface area is 172 Å². The quantitative estimate of drug-likeness (QED) is 0.617. The minimum Gasteiger partial charge on any atom is -0.340 e. The summed E-state index contributed by atoms with van der Waals surface area (Å²) in [6.07, 6.45) is 4.68. The van der Waals surface area contributed by atoms with Crippen molar-refractivity contribution in [2.45, 2.75) is 64.0 Å². The van der Waals surface area contributed by atoms with Gasteiger partial charge in [-0.2, -0.15) is 0 Å². The van der Waals surface area contributed by atoms with Gasteiger partial charge in [-0.05, 0) is 46.0 Å². The van der Waals surface area contributed by atoms with Crippen LogP contribution in [0.4, 0.5) is 4.79 Å². The lowest BCUT2D eigenvalue weighted by atomic mass is 9.95. The van der Waals surface area contributed by atoms with E-state index in [-0.39, 0.29) is 17.7 Å². The Bertz CT molecular complexity index is 661. The number of hydrogen-bond acceptors (Lipinski definition) is 5. The highest BCUT2D eigenvalue weighted by molar-refractivity contribution is 6.06. The van der Waals surface area contributed by atoms with Crippen LogP contribution in [-0.4, -0.2) is 89.3 Å². The number of likely N-dealkylation sites (tertiary alicyclic amines) is 1. The molecular weight excluding hydrogens is 374 g/mol. The summed E-state index contributed by atoms with van der Waals surface area (Å²) in [5.74, 6) is -0.0766. The Morgan fingerprint density at radius 2 is 1.79 bits per heavy atom. The van der Waals surface area contributed by atoms with Crippen molar-refractivity contribution < 1.29 is 19.2 Å². The molecule has 0 unspecified atom stereocenters. The fraction of sp³-hybridized carbons (Fsp3) is 0.800. The van der Waals surface area contributed by atoms with Crippen LogP contribution in [0.25, 0.3) is 0 Å². The average Bonchev–Trinajstić information content (AvgIpc) is 2.94. The third-order valence-electron chi connectivity index (χ3n) is 6.39. The SMILES string of the molecule is C[C@H]1CCCCN1C(=O)CN1CCN(C(=O)CCC[C@@]2(C)NC(=O)NC2=O)CC1. The Balaban J connectivity index is 1.36. The second-order valence-electron chi connectivity index (χ2n) is 8.68. The second kappa shape index (κ2) is 9.11. The van der Waals surface area contributed by atoms with Crippen LogP contribution in [0.15, 0.2) is 0 Å². The summed E-state index contributed by atoms with van der Waals surface area (Å²) < 4.78 is 0. The van der Waals surface area contributed by atoms with Crippen LogP contribution in [-0.2, 0) is 14.4 Å². The van der Waals surface area contributed by atoms with Crippen molar-refractivity contribution in [3.63, 3.8) is 0 Å².